The first-order valence-corrected chi connectivity index (χ1v) is 10.5. The fourth-order valence-electron chi connectivity index (χ4n) is 3.55. The SMILES string of the molecule is O=C(O)[C@@H](Cc1c[nH]c2ccccc12)NCc1cccc(OCc2ccc(F)cc2Cl)c1. The van der Waals surface area contributed by atoms with Gasteiger partial charge in [-0.2, -0.15) is 0 Å². The Bertz CT molecular complexity index is 1240. The van der Waals surface area contributed by atoms with Crippen LogP contribution in [0.1, 0.15) is 16.7 Å². The van der Waals surface area contributed by atoms with Crippen LogP contribution in [0.4, 0.5) is 4.39 Å². The molecule has 0 spiro atoms. The molecule has 0 saturated carbocycles. The third kappa shape index (κ3) is 5.28. The van der Waals surface area contributed by atoms with Gasteiger partial charge < -0.3 is 20.1 Å². The average molecular weight is 453 g/mol. The van der Waals surface area contributed by atoms with E-state index in [4.69, 9.17) is 16.3 Å². The van der Waals surface area contributed by atoms with Crippen LogP contribution in [0.2, 0.25) is 5.02 Å². The smallest absolute Gasteiger partial charge is 0.321 e. The first kappa shape index (κ1) is 21.9. The van der Waals surface area contributed by atoms with Crippen molar-refractivity contribution in [2.75, 3.05) is 0 Å². The van der Waals surface area contributed by atoms with Gasteiger partial charge in [-0.3, -0.25) is 4.79 Å². The lowest BCUT2D eigenvalue weighted by molar-refractivity contribution is -0.139. The highest BCUT2D eigenvalue weighted by Gasteiger charge is 2.19. The minimum atomic E-state index is -0.909. The maximum absolute atomic E-state index is 13.2. The first-order chi connectivity index (χ1) is 15.5. The maximum Gasteiger partial charge on any atom is 0.321 e. The van der Waals surface area contributed by atoms with Gasteiger partial charge in [-0.05, 0) is 41.5 Å². The molecule has 5 nitrogen and oxygen atoms in total. The Kier molecular flexibility index (Phi) is 6.73. The molecule has 1 aromatic heterocycles. The normalized spacial score (nSPS) is 12.1. The number of nitrogens with one attached hydrogen (secondary N) is 2. The summed E-state index contributed by atoms with van der Waals surface area (Å²) in [5.41, 5.74) is 3.51. The molecule has 4 rings (SSSR count). The molecule has 3 N–H and O–H groups in total. The Morgan fingerprint density at radius 2 is 1.94 bits per heavy atom. The van der Waals surface area contributed by atoms with Gasteiger partial charge in [0.2, 0.25) is 0 Å². The Balaban J connectivity index is 1.39. The summed E-state index contributed by atoms with van der Waals surface area (Å²) in [5.74, 6) is -0.686. The van der Waals surface area contributed by atoms with E-state index in [1.54, 1.807) is 6.07 Å². The topological polar surface area (TPSA) is 74.3 Å². The van der Waals surface area contributed by atoms with Gasteiger partial charge in [0.05, 0.1) is 5.02 Å². The van der Waals surface area contributed by atoms with Gasteiger partial charge in [-0.15, -0.1) is 0 Å². The lowest BCUT2D eigenvalue weighted by atomic mass is 10.0. The summed E-state index contributed by atoms with van der Waals surface area (Å²) in [4.78, 5) is 15.0. The van der Waals surface area contributed by atoms with Crippen LogP contribution in [-0.2, 0) is 24.4 Å². The number of hydrogen-bond acceptors (Lipinski definition) is 3. The van der Waals surface area contributed by atoms with E-state index in [0.29, 0.717) is 29.3 Å². The molecule has 1 atom stereocenters. The van der Waals surface area contributed by atoms with Crippen LogP contribution in [0, 0.1) is 5.82 Å². The molecular weight excluding hydrogens is 431 g/mol. The number of carboxylic acid groups (broad SMARTS) is 1. The maximum atomic E-state index is 13.2. The van der Waals surface area contributed by atoms with Crippen molar-refractivity contribution < 1.29 is 19.0 Å². The summed E-state index contributed by atoms with van der Waals surface area (Å²) in [5, 5.41) is 14.2. The van der Waals surface area contributed by atoms with Gasteiger partial charge in [0, 0.05) is 35.6 Å². The van der Waals surface area contributed by atoms with Gasteiger partial charge >= 0.3 is 5.97 Å². The zero-order chi connectivity index (χ0) is 22.5. The number of aromatic nitrogens is 1. The van der Waals surface area contributed by atoms with Crippen molar-refractivity contribution in [3.63, 3.8) is 0 Å². The standard InChI is InChI=1S/C25H22ClFN2O3/c26-22-12-19(27)9-8-17(22)15-32-20-5-3-4-16(10-20)13-28-24(25(30)31)11-18-14-29-23-7-2-1-6-21(18)23/h1-10,12,14,24,28-29H,11,13,15H2,(H,30,31)/t24-/m1/s1. The van der Waals surface area contributed by atoms with E-state index in [0.717, 1.165) is 22.0 Å². The number of halogens is 2. The van der Waals surface area contributed by atoms with Crippen molar-refractivity contribution in [1.29, 1.82) is 0 Å². The van der Waals surface area contributed by atoms with Gasteiger partial charge in [0.25, 0.3) is 0 Å². The second kappa shape index (κ2) is 9.85. The van der Waals surface area contributed by atoms with E-state index in [2.05, 4.69) is 10.3 Å². The summed E-state index contributed by atoms with van der Waals surface area (Å²) < 4.78 is 19.0. The van der Waals surface area contributed by atoms with Gasteiger partial charge in [-0.25, -0.2) is 4.39 Å². The van der Waals surface area contributed by atoms with Crippen LogP contribution in [0.3, 0.4) is 0 Å². The fraction of sp³-hybridized carbons (Fsp3) is 0.160. The average Bonchev–Trinajstić information content (AvgIpc) is 3.19. The van der Waals surface area contributed by atoms with E-state index in [1.807, 2.05) is 54.7 Å². The fourth-order valence-corrected chi connectivity index (χ4v) is 3.78. The molecule has 0 fully saturated rings. The number of rotatable bonds is 9. The lowest BCUT2D eigenvalue weighted by Gasteiger charge is -2.15. The molecule has 0 unspecified atom stereocenters. The molecule has 4 aromatic rings. The Hall–Kier alpha value is -3.35. The summed E-state index contributed by atoms with van der Waals surface area (Å²) in [7, 11) is 0. The van der Waals surface area contributed by atoms with Gasteiger partial charge in [-0.1, -0.05) is 48.0 Å². The van der Waals surface area contributed by atoms with Crippen molar-refractivity contribution in [1.82, 2.24) is 10.3 Å². The predicted octanol–water partition coefficient (Wildman–Crippen LogP) is 5.32. The molecule has 0 amide bonds. The van der Waals surface area contributed by atoms with Crippen LogP contribution in [0.25, 0.3) is 10.9 Å². The minimum absolute atomic E-state index is 0.203. The number of H-pyrrole nitrogens is 1. The van der Waals surface area contributed by atoms with Crippen molar-refractivity contribution in [2.45, 2.75) is 25.6 Å². The number of fused-ring (bicyclic) bond motifs is 1. The molecule has 1 heterocycles. The third-order valence-electron chi connectivity index (χ3n) is 5.26. The van der Waals surface area contributed by atoms with Crippen molar-refractivity contribution in [3.05, 3.63) is 100 Å². The minimum Gasteiger partial charge on any atom is -0.489 e. The number of carboxylic acids is 1. The van der Waals surface area contributed by atoms with E-state index >= 15 is 0 Å². The molecular formula is C25H22ClFN2O3. The molecule has 7 heteroatoms. The molecule has 0 saturated heterocycles. The van der Waals surface area contributed by atoms with E-state index in [-0.39, 0.29) is 6.61 Å². The third-order valence-corrected chi connectivity index (χ3v) is 5.61. The number of ether oxygens (including phenoxy) is 1. The molecule has 3 aromatic carbocycles. The highest BCUT2D eigenvalue weighted by molar-refractivity contribution is 6.31. The van der Waals surface area contributed by atoms with Crippen LogP contribution < -0.4 is 10.1 Å². The highest BCUT2D eigenvalue weighted by atomic mass is 35.5. The molecule has 0 aliphatic rings. The van der Waals surface area contributed by atoms with Crippen molar-refractivity contribution in [3.8, 4) is 5.75 Å². The summed E-state index contributed by atoms with van der Waals surface area (Å²) >= 11 is 6.05. The zero-order valence-corrected chi connectivity index (χ0v) is 17.9. The Morgan fingerprint density at radius 3 is 2.75 bits per heavy atom. The summed E-state index contributed by atoms with van der Waals surface area (Å²) in [6.07, 6.45) is 2.22. The molecule has 0 radical (unpaired) electrons. The molecule has 164 valence electrons. The molecule has 0 aliphatic heterocycles. The molecule has 0 bridgehead atoms. The number of benzene rings is 3. The Morgan fingerprint density at radius 1 is 1.09 bits per heavy atom. The van der Waals surface area contributed by atoms with Crippen molar-refractivity contribution in [2.24, 2.45) is 0 Å². The Labute approximate surface area is 189 Å². The number of para-hydroxylation sites is 1. The van der Waals surface area contributed by atoms with Gasteiger partial charge in [0.15, 0.2) is 0 Å². The largest absolute Gasteiger partial charge is 0.489 e. The zero-order valence-electron chi connectivity index (χ0n) is 17.1. The lowest BCUT2D eigenvalue weighted by Crippen LogP contribution is -2.38. The number of aromatic amines is 1. The highest BCUT2D eigenvalue weighted by Crippen LogP contribution is 2.22. The molecule has 0 aliphatic carbocycles. The molecule has 32 heavy (non-hydrogen) atoms. The second-order valence-corrected chi connectivity index (χ2v) is 7.91. The second-order valence-electron chi connectivity index (χ2n) is 7.51. The van der Waals surface area contributed by atoms with E-state index in [1.165, 1.54) is 12.1 Å². The van der Waals surface area contributed by atoms with Crippen molar-refractivity contribution >= 4 is 28.5 Å². The van der Waals surface area contributed by atoms with Crippen LogP contribution >= 0.6 is 11.6 Å². The van der Waals surface area contributed by atoms with Crippen LogP contribution in [0.15, 0.2) is 72.9 Å². The van der Waals surface area contributed by atoms with E-state index in [9.17, 15) is 14.3 Å². The summed E-state index contributed by atoms with van der Waals surface area (Å²) in [6, 6.07) is 18.6. The summed E-state index contributed by atoms with van der Waals surface area (Å²) in [6.45, 7) is 0.572. The van der Waals surface area contributed by atoms with E-state index < -0.39 is 17.8 Å². The van der Waals surface area contributed by atoms with Crippen LogP contribution in [0.5, 0.6) is 5.75 Å². The van der Waals surface area contributed by atoms with Gasteiger partial charge in [0.1, 0.15) is 24.2 Å². The number of carbonyl (C=O) groups is 1. The predicted molar refractivity (Wildman–Crippen MR) is 122 cm³/mol. The monoisotopic (exact) mass is 452 g/mol. The first-order valence-electron chi connectivity index (χ1n) is 10.2. The number of hydrogen-bond donors (Lipinski definition) is 3. The quantitative estimate of drug-likeness (QED) is 0.321. The van der Waals surface area contributed by atoms with Crippen LogP contribution in [-0.4, -0.2) is 22.1 Å². The number of aliphatic carboxylic acids is 1.